The second kappa shape index (κ2) is 11.8. The first-order chi connectivity index (χ1) is 19.1. The number of primary amides is 1. The Morgan fingerprint density at radius 2 is 1.80 bits per heavy atom. The second-order valence-electron chi connectivity index (χ2n) is 12.6. The molecule has 1 aromatic rings. The van der Waals surface area contributed by atoms with Gasteiger partial charge in [-0.1, -0.05) is 44.2 Å². The van der Waals surface area contributed by atoms with Gasteiger partial charge in [-0.2, -0.15) is 0 Å². The zero-order valence-corrected chi connectivity index (χ0v) is 24.9. The first-order valence-corrected chi connectivity index (χ1v) is 16.3. The number of nitrogens with one attached hydrogen (secondary N) is 1. The van der Waals surface area contributed by atoms with Crippen LogP contribution in [-0.2, 0) is 34.6 Å². The van der Waals surface area contributed by atoms with Gasteiger partial charge < -0.3 is 21.1 Å². The number of aromatic nitrogens is 3. The number of aliphatic hydroxyl groups is 1. The molecule has 2 aliphatic heterocycles. The highest BCUT2D eigenvalue weighted by atomic mass is 32.2. The van der Waals surface area contributed by atoms with Crippen LogP contribution >= 0.6 is 0 Å². The Hall–Kier alpha value is -2.87. The van der Waals surface area contributed by atoms with Gasteiger partial charge in [-0.3, -0.25) is 19.2 Å². The largest absolute Gasteiger partial charge is 0.384 e. The summed E-state index contributed by atoms with van der Waals surface area (Å²) in [7, 11) is -3.44. The molecular formula is C27H42N6O7S. The average Bonchev–Trinajstić information content (AvgIpc) is 3.57. The van der Waals surface area contributed by atoms with E-state index in [1.54, 1.807) is 13.8 Å². The number of nitrogens with zero attached hydrogens (tertiary/aromatic N) is 4. The molecule has 3 aliphatic rings. The van der Waals surface area contributed by atoms with Crippen LogP contribution in [0.4, 0.5) is 0 Å². The number of carbonyl (C=O) groups is 4. The number of rotatable bonds is 9. The Labute approximate surface area is 240 Å². The van der Waals surface area contributed by atoms with Crippen molar-refractivity contribution in [3.05, 3.63) is 11.9 Å². The van der Waals surface area contributed by atoms with E-state index in [0.717, 1.165) is 25.7 Å². The fourth-order valence-corrected chi connectivity index (χ4v) is 8.11. The van der Waals surface area contributed by atoms with Gasteiger partial charge in [-0.05, 0) is 39.0 Å². The molecule has 1 aromatic heterocycles. The van der Waals surface area contributed by atoms with E-state index in [0.29, 0.717) is 18.0 Å². The molecule has 1 saturated carbocycles. The summed E-state index contributed by atoms with van der Waals surface area (Å²) in [5, 5.41) is 21.4. The smallest absolute Gasteiger partial charge is 0.287 e. The van der Waals surface area contributed by atoms with Gasteiger partial charge in [0.05, 0.1) is 29.4 Å². The van der Waals surface area contributed by atoms with Crippen LogP contribution in [0.25, 0.3) is 0 Å². The molecular weight excluding hydrogens is 552 g/mol. The molecule has 3 fully saturated rings. The number of ketones is 1. The third kappa shape index (κ3) is 6.79. The summed E-state index contributed by atoms with van der Waals surface area (Å²) in [4.78, 5) is 54.1. The first kappa shape index (κ1) is 31.1. The zero-order chi connectivity index (χ0) is 30.2. The first-order valence-electron chi connectivity index (χ1n) is 14.4. The second-order valence-corrected chi connectivity index (χ2v) is 14.9. The van der Waals surface area contributed by atoms with Crippen LogP contribution in [0.1, 0.15) is 90.3 Å². The Morgan fingerprint density at radius 1 is 1.17 bits per heavy atom. The number of carbonyl (C=O) groups excluding carboxylic acids is 4. The van der Waals surface area contributed by atoms with E-state index in [1.807, 2.05) is 6.92 Å². The summed E-state index contributed by atoms with van der Waals surface area (Å²) in [6.45, 7) is 5.17. The fraction of sp³-hybridized carbons (Fsp3) is 0.778. The minimum atomic E-state index is -3.44. The summed E-state index contributed by atoms with van der Waals surface area (Å²) in [6.07, 6.45) is 7.32. The van der Waals surface area contributed by atoms with Crippen molar-refractivity contribution in [3.63, 3.8) is 0 Å². The van der Waals surface area contributed by atoms with Crippen molar-refractivity contribution >= 4 is 33.3 Å². The Balaban J connectivity index is 1.62. The van der Waals surface area contributed by atoms with Crippen molar-refractivity contribution in [3.8, 4) is 0 Å². The molecule has 4 N–H and O–H groups in total. The minimum absolute atomic E-state index is 0.124. The van der Waals surface area contributed by atoms with Gasteiger partial charge in [0.1, 0.15) is 17.2 Å². The van der Waals surface area contributed by atoms with Crippen molar-refractivity contribution in [1.82, 2.24) is 25.2 Å². The normalized spacial score (nSPS) is 25.4. The molecule has 13 nitrogen and oxygen atoms in total. The number of amides is 3. The minimum Gasteiger partial charge on any atom is -0.384 e. The van der Waals surface area contributed by atoms with Crippen LogP contribution in [-0.4, -0.2) is 86.6 Å². The molecule has 0 aromatic carbocycles. The Bertz CT molecular complexity index is 1270. The molecule has 0 bridgehead atoms. The van der Waals surface area contributed by atoms with Gasteiger partial charge in [0, 0.05) is 18.9 Å². The molecule has 0 spiro atoms. The lowest BCUT2D eigenvalue weighted by atomic mass is 9.83. The lowest BCUT2D eigenvalue weighted by molar-refractivity contribution is -0.145. The van der Waals surface area contributed by atoms with E-state index < -0.39 is 50.7 Å². The van der Waals surface area contributed by atoms with Gasteiger partial charge >= 0.3 is 0 Å². The summed E-state index contributed by atoms with van der Waals surface area (Å²) in [5.41, 5.74) is 2.68. The van der Waals surface area contributed by atoms with Gasteiger partial charge in [0.25, 0.3) is 5.91 Å². The Morgan fingerprint density at radius 3 is 2.39 bits per heavy atom. The van der Waals surface area contributed by atoms with Crippen molar-refractivity contribution in [2.24, 2.45) is 17.6 Å². The molecule has 3 amide bonds. The highest BCUT2D eigenvalue weighted by Crippen LogP contribution is 2.35. The lowest BCUT2D eigenvalue weighted by Gasteiger charge is -2.37. The molecule has 228 valence electrons. The van der Waals surface area contributed by atoms with Crippen LogP contribution in [0.5, 0.6) is 0 Å². The van der Waals surface area contributed by atoms with E-state index in [2.05, 4.69) is 15.6 Å². The van der Waals surface area contributed by atoms with Crippen LogP contribution < -0.4 is 11.1 Å². The predicted octanol–water partition coefficient (Wildman–Crippen LogP) is 0.372. The Kier molecular flexibility index (Phi) is 8.93. The van der Waals surface area contributed by atoms with E-state index in [4.69, 9.17) is 5.73 Å². The number of Topliss-reactive ketones (excluding diaryl/α,β-unsaturated/α-hetero) is 1. The monoisotopic (exact) mass is 594 g/mol. The molecule has 41 heavy (non-hydrogen) atoms. The molecule has 4 rings (SSSR count). The van der Waals surface area contributed by atoms with Crippen LogP contribution in [0, 0.1) is 11.8 Å². The van der Waals surface area contributed by atoms with Crippen molar-refractivity contribution in [1.29, 1.82) is 0 Å². The maximum atomic E-state index is 13.9. The van der Waals surface area contributed by atoms with Crippen LogP contribution in [0.15, 0.2) is 6.20 Å². The topological polar surface area (TPSA) is 195 Å². The standard InChI is InChI=1S/C27H42N6O7S/c1-17(13-18-7-5-4-6-8-18)25(37)32-16-19(33-21(15-29-31-33)26(2,3)38)14-20(32)24(36)30-27(22(34)23(28)35)9-11-41(39,40)12-10-27/h15,17-20,38H,4-14,16H2,1-3H3,(H2,28,35)(H,30,36)/t17-,19+,20+/m1/s1. The van der Waals surface area contributed by atoms with Gasteiger partial charge in [0.15, 0.2) is 9.84 Å². The predicted molar refractivity (Wildman–Crippen MR) is 148 cm³/mol. The molecule has 0 unspecified atom stereocenters. The average molecular weight is 595 g/mol. The maximum Gasteiger partial charge on any atom is 0.287 e. The van der Waals surface area contributed by atoms with Crippen LogP contribution in [0.3, 0.4) is 0 Å². The highest BCUT2D eigenvalue weighted by molar-refractivity contribution is 7.91. The SMILES string of the molecule is C[C@H](CC1CCCCC1)C(=O)N1C[C@@H](n2nncc2C(C)(C)O)C[C@H]1C(=O)NC1(C(=O)C(N)=O)CCS(=O)(=O)CC1. The van der Waals surface area contributed by atoms with E-state index >= 15 is 0 Å². The summed E-state index contributed by atoms with van der Waals surface area (Å²) in [6, 6.07) is -1.51. The lowest BCUT2D eigenvalue weighted by Crippen LogP contribution is -2.64. The number of likely N-dealkylation sites (tertiary alicyclic amines) is 1. The van der Waals surface area contributed by atoms with E-state index in [-0.39, 0.29) is 49.1 Å². The van der Waals surface area contributed by atoms with Crippen molar-refractivity contribution < 1.29 is 32.7 Å². The fourth-order valence-electron chi connectivity index (χ4n) is 6.59. The van der Waals surface area contributed by atoms with E-state index in [1.165, 1.54) is 22.2 Å². The number of hydrogen-bond acceptors (Lipinski definition) is 9. The highest BCUT2D eigenvalue weighted by Gasteiger charge is 2.50. The molecule has 0 radical (unpaired) electrons. The maximum absolute atomic E-state index is 13.9. The van der Waals surface area contributed by atoms with Crippen molar-refractivity contribution in [2.45, 2.75) is 102 Å². The molecule has 3 heterocycles. The van der Waals surface area contributed by atoms with Gasteiger partial charge in [-0.25, -0.2) is 13.1 Å². The van der Waals surface area contributed by atoms with Crippen LogP contribution in [0.2, 0.25) is 0 Å². The van der Waals surface area contributed by atoms with Crippen molar-refractivity contribution in [2.75, 3.05) is 18.1 Å². The molecule has 2 saturated heterocycles. The summed E-state index contributed by atoms with van der Waals surface area (Å²) < 4.78 is 25.7. The zero-order valence-electron chi connectivity index (χ0n) is 24.0. The summed E-state index contributed by atoms with van der Waals surface area (Å²) >= 11 is 0. The molecule has 3 atom stereocenters. The van der Waals surface area contributed by atoms with Gasteiger partial charge in [-0.15, -0.1) is 5.10 Å². The van der Waals surface area contributed by atoms with Gasteiger partial charge in [0.2, 0.25) is 17.6 Å². The molecule has 14 heteroatoms. The van der Waals surface area contributed by atoms with E-state index in [9.17, 15) is 32.7 Å². The quantitative estimate of drug-likeness (QED) is 0.339. The number of nitrogens with two attached hydrogens (primary N) is 1. The number of hydrogen-bond donors (Lipinski definition) is 3. The molecule has 1 aliphatic carbocycles. The third-order valence-electron chi connectivity index (χ3n) is 8.95. The number of sulfone groups is 1. The summed E-state index contributed by atoms with van der Waals surface area (Å²) in [5.74, 6) is -3.86. The third-order valence-corrected chi connectivity index (χ3v) is 10.6.